The van der Waals surface area contributed by atoms with E-state index in [1.807, 2.05) is 29.2 Å². The van der Waals surface area contributed by atoms with Crippen LogP contribution in [0.4, 0.5) is 16.2 Å². The van der Waals surface area contributed by atoms with E-state index in [9.17, 15) is 4.79 Å². The van der Waals surface area contributed by atoms with Gasteiger partial charge in [-0.1, -0.05) is 96.1 Å². The lowest BCUT2D eigenvalue weighted by Crippen LogP contribution is -2.50. The molecule has 0 spiro atoms. The summed E-state index contributed by atoms with van der Waals surface area (Å²) in [5.41, 5.74) is 12.6. The van der Waals surface area contributed by atoms with Crippen molar-refractivity contribution in [2.45, 2.75) is 39.8 Å². The molecule has 0 unspecified atom stereocenters. The van der Waals surface area contributed by atoms with E-state index in [1.165, 1.54) is 22.3 Å². The van der Waals surface area contributed by atoms with Gasteiger partial charge in [-0.3, -0.25) is 5.43 Å². The van der Waals surface area contributed by atoms with E-state index in [1.54, 1.807) is 5.01 Å². The van der Waals surface area contributed by atoms with Gasteiger partial charge in [0, 0.05) is 19.6 Å². The van der Waals surface area contributed by atoms with Crippen molar-refractivity contribution in [1.29, 1.82) is 0 Å². The molecule has 194 valence electrons. The number of carbonyl (C=O) groups excluding carboxylic acids is 1. The van der Waals surface area contributed by atoms with Gasteiger partial charge >= 0.3 is 6.03 Å². The topological polar surface area (TPSA) is 47.6 Å². The highest BCUT2D eigenvalue weighted by molar-refractivity contribution is 5.97. The Morgan fingerprint density at radius 2 is 1.42 bits per heavy atom. The molecule has 4 aromatic carbocycles. The molecule has 4 aromatic rings. The Kier molecular flexibility index (Phi) is 8.05. The minimum absolute atomic E-state index is 0.0270. The fraction of sp³-hybridized carbons (Fsp3) is 0.242. The second-order valence-corrected chi connectivity index (χ2v) is 10.1. The van der Waals surface area contributed by atoms with Crippen LogP contribution in [0.3, 0.4) is 0 Å². The van der Waals surface area contributed by atoms with Crippen LogP contribution in [0.5, 0.6) is 0 Å². The number of carbonyl (C=O) groups is 1. The smallest absolute Gasteiger partial charge is 0.318 e. The maximum absolute atomic E-state index is 13.8. The molecule has 2 N–H and O–H groups in total. The van der Waals surface area contributed by atoms with Gasteiger partial charge in [0.05, 0.1) is 11.4 Å². The number of hydrogen-bond donors (Lipinski definition) is 2. The van der Waals surface area contributed by atoms with Gasteiger partial charge in [0.15, 0.2) is 0 Å². The van der Waals surface area contributed by atoms with E-state index in [-0.39, 0.29) is 6.03 Å². The van der Waals surface area contributed by atoms with Gasteiger partial charge in [0.1, 0.15) is 0 Å². The maximum Gasteiger partial charge on any atom is 0.343 e. The van der Waals surface area contributed by atoms with Crippen LogP contribution in [0, 0.1) is 13.8 Å². The first-order valence-electron chi connectivity index (χ1n) is 13.4. The van der Waals surface area contributed by atoms with Crippen molar-refractivity contribution in [1.82, 2.24) is 10.2 Å². The molecule has 5 nitrogen and oxygen atoms in total. The standard InChI is InChI=1S/C33H36N4O/c1-25-13-15-31(29(21-25)23-34-19-17-27-9-5-3-6-10-27)35-37-32-16-14-26(2)22-30(32)24-36(33(37)38)20-18-28-11-7-4-8-12-28/h3-16,21-22,34-35H,17-20,23-24H2,1-2H3. The second kappa shape index (κ2) is 12.0. The van der Waals surface area contributed by atoms with Crippen LogP contribution in [-0.4, -0.2) is 24.0 Å². The van der Waals surface area contributed by atoms with Gasteiger partial charge in [-0.15, -0.1) is 0 Å². The summed E-state index contributed by atoms with van der Waals surface area (Å²) in [5.74, 6) is 0. The Balaban J connectivity index is 1.33. The van der Waals surface area contributed by atoms with E-state index in [0.29, 0.717) is 13.1 Å². The summed E-state index contributed by atoms with van der Waals surface area (Å²) in [4.78, 5) is 15.7. The lowest BCUT2D eigenvalue weighted by molar-refractivity contribution is 0.200. The first-order chi connectivity index (χ1) is 18.6. The zero-order valence-corrected chi connectivity index (χ0v) is 22.3. The Hall–Kier alpha value is -4.09. The van der Waals surface area contributed by atoms with E-state index in [4.69, 9.17) is 0 Å². The molecule has 0 saturated heterocycles. The summed E-state index contributed by atoms with van der Waals surface area (Å²) in [6.45, 7) is 7.08. The Labute approximate surface area is 226 Å². The summed E-state index contributed by atoms with van der Waals surface area (Å²) < 4.78 is 0. The normalized spacial score (nSPS) is 12.9. The molecule has 0 aromatic heterocycles. The molecule has 5 rings (SSSR count). The molecule has 0 radical (unpaired) electrons. The predicted octanol–water partition coefficient (Wildman–Crippen LogP) is 6.65. The van der Waals surface area contributed by atoms with Gasteiger partial charge in [-0.05, 0) is 67.6 Å². The molecule has 5 heteroatoms. The third-order valence-corrected chi connectivity index (χ3v) is 7.05. The number of benzene rings is 4. The molecule has 0 saturated carbocycles. The molecule has 0 atom stereocenters. The van der Waals surface area contributed by atoms with Crippen LogP contribution >= 0.6 is 0 Å². The fourth-order valence-electron chi connectivity index (χ4n) is 4.97. The monoisotopic (exact) mass is 504 g/mol. The minimum atomic E-state index is -0.0270. The van der Waals surface area contributed by atoms with E-state index in [2.05, 4.69) is 97.4 Å². The maximum atomic E-state index is 13.8. The number of hydrogen-bond acceptors (Lipinski definition) is 3. The highest BCUT2D eigenvalue weighted by Crippen LogP contribution is 2.31. The minimum Gasteiger partial charge on any atom is -0.318 e. The lowest BCUT2D eigenvalue weighted by Gasteiger charge is -2.38. The van der Waals surface area contributed by atoms with Crippen LogP contribution in [0.2, 0.25) is 0 Å². The molecular weight excluding hydrogens is 468 g/mol. The van der Waals surface area contributed by atoms with Gasteiger partial charge < -0.3 is 10.2 Å². The van der Waals surface area contributed by atoms with Gasteiger partial charge in [-0.25, -0.2) is 9.80 Å². The molecule has 1 heterocycles. The lowest BCUT2D eigenvalue weighted by atomic mass is 10.1. The Bertz CT molecular complexity index is 1370. The Morgan fingerprint density at radius 3 is 2.16 bits per heavy atom. The molecule has 1 aliphatic rings. The van der Waals surface area contributed by atoms with Crippen molar-refractivity contribution in [3.05, 3.63) is 130 Å². The Morgan fingerprint density at radius 1 is 0.763 bits per heavy atom. The molecule has 1 aliphatic heterocycles. The third kappa shape index (κ3) is 6.24. The molecular formula is C33H36N4O. The summed E-state index contributed by atoms with van der Waals surface area (Å²) in [5, 5.41) is 5.31. The molecule has 0 bridgehead atoms. The van der Waals surface area contributed by atoms with Gasteiger partial charge in [0.25, 0.3) is 0 Å². The number of anilines is 2. The van der Waals surface area contributed by atoms with Crippen LogP contribution in [-0.2, 0) is 25.9 Å². The zero-order valence-electron chi connectivity index (χ0n) is 22.3. The van der Waals surface area contributed by atoms with Crippen molar-refractivity contribution in [3.63, 3.8) is 0 Å². The van der Waals surface area contributed by atoms with Gasteiger partial charge in [-0.2, -0.15) is 0 Å². The second-order valence-electron chi connectivity index (χ2n) is 10.1. The zero-order chi connectivity index (χ0) is 26.3. The van der Waals surface area contributed by atoms with E-state index >= 15 is 0 Å². The number of amides is 2. The third-order valence-electron chi connectivity index (χ3n) is 7.05. The quantitative estimate of drug-likeness (QED) is 0.238. The predicted molar refractivity (Wildman–Crippen MR) is 156 cm³/mol. The van der Waals surface area contributed by atoms with Crippen LogP contribution in [0.25, 0.3) is 0 Å². The number of rotatable bonds is 10. The molecule has 38 heavy (non-hydrogen) atoms. The number of fused-ring (bicyclic) bond motifs is 1. The number of nitrogens with one attached hydrogen (secondary N) is 2. The van der Waals surface area contributed by atoms with Crippen molar-refractivity contribution < 1.29 is 4.79 Å². The van der Waals surface area contributed by atoms with Crippen LogP contribution in [0.1, 0.15) is 33.4 Å². The van der Waals surface area contributed by atoms with Crippen molar-refractivity contribution in [2.24, 2.45) is 0 Å². The van der Waals surface area contributed by atoms with Gasteiger partial charge in [0.2, 0.25) is 0 Å². The first-order valence-corrected chi connectivity index (χ1v) is 13.4. The average Bonchev–Trinajstić information content (AvgIpc) is 2.94. The van der Waals surface area contributed by atoms with E-state index < -0.39 is 0 Å². The number of aryl methyl sites for hydroxylation is 2. The van der Waals surface area contributed by atoms with Crippen LogP contribution < -0.4 is 15.8 Å². The largest absolute Gasteiger partial charge is 0.343 e. The highest BCUT2D eigenvalue weighted by Gasteiger charge is 2.31. The molecule has 2 amide bonds. The van der Waals surface area contributed by atoms with Crippen molar-refractivity contribution in [2.75, 3.05) is 23.5 Å². The van der Waals surface area contributed by atoms with Crippen molar-refractivity contribution >= 4 is 17.4 Å². The summed E-state index contributed by atoms with van der Waals surface area (Å²) in [6.07, 6.45) is 1.80. The summed E-state index contributed by atoms with van der Waals surface area (Å²) >= 11 is 0. The highest BCUT2D eigenvalue weighted by atomic mass is 16.2. The number of hydrazine groups is 1. The number of urea groups is 1. The first kappa shape index (κ1) is 25.6. The SMILES string of the molecule is Cc1ccc(NN2C(=O)N(CCc3ccccc3)Cc3cc(C)ccc32)c(CNCCc2ccccc2)c1. The number of nitrogens with zero attached hydrogens (tertiary/aromatic N) is 2. The average molecular weight is 505 g/mol. The van der Waals surface area contributed by atoms with Crippen LogP contribution in [0.15, 0.2) is 97.1 Å². The van der Waals surface area contributed by atoms with Crippen molar-refractivity contribution in [3.8, 4) is 0 Å². The summed E-state index contributed by atoms with van der Waals surface area (Å²) in [6, 6.07) is 33.5. The summed E-state index contributed by atoms with van der Waals surface area (Å²) in [7, 11) is 0. The van der Waals surface area contributed by atoms with E-state index in [0.717, 1.165) is 48.4 Å². The fourth-order valence-corrected chi connectivity index (χ4v) is 4.97. The molecule has 0 fully saturated rings. The molecule has 0 aliphatic carbocycles.